The Morgan fingerprint density at radius 2 is 1.97 bits per heavy atom. The lowest BCUT2D eigenvalue weighted by Crippen LogP contribution is -2.43. The second kappa shape index (κ2) is 10.1. The maximum absolute atomic E-state index is 13.1. The minimum absolute atomic E-state index is 0.00972. The van der Waals surface area contributed by atoms with Crippen LogP contribution in [0.4, 0.5) is 17.2 Å². The Morgan fingerprint density at radius 1 is 1.27 bits per heavy atom. The zero-order valence-electron chi connectivity index (χ0n) is 18.5. The molecule has 8 heteroatoms. The van der Waals surface area contributed by atoms with Crippen LogP contribution in [0.3, 0.4) is 0 Å². The molecule has 0 saturated heterocycles. The molecular formula is C22H33N5O3. The predicted molar refractivity (Wildman–Crippen MR) is 122 cm³/mol. The molecular weight excluding hydrogens is 382 g/mol. The minimum Gasteiger partial charge on any atom is -0.383 e. The first kappa shape index (κ1) is 23.3. The number of nitrogens with one attached hydrogen (secondary N) is 2. The molecule has 1 aromatic heterocycles. The van der Waals surface area contributed by atoms with Gasteiger partial charge in [0.1, 0.15) is 5.82 Å². The molecule has 30 heavy (non-hydrogen) atoms. The largest absolute Gasteiger partial charge is 0.383 e. The highest BCUT2D eigenvalue weighted by molar-refractivity contribution is 5.98. The lowest BCUT2D eigenvalue weighted by atomic mass is 10.1. The van der Waals surface area contributed by atoms with E-state index in [2.05, 4.69) is 10.3 Å². The summed E-state index contributed by atoms with van der Waals surface area (Å²) in [5.74, 6) is -0.112. The van der Waals surface area contributed by atoms with Gasteiger partial charge in [-0.3, -0.25) is 19.1 Å². The number of nitrogen functional groups attached to an aromatic ring is 1. The highest BCUT2D eigenvalue weighted by Gasteiger charge is 2.24. The molecule has 0 fully saturated rings. The van der Waals surface area contributed by atoms with Crippen molar-refractivity contribution in [3.8, 4) is 0 Å². The molecule has 0 spiro atoms. The van der Waals surface area contributed by atoms with Crippen molar-refractivity contribution >= 4 is 23.1 Å². The Hall–Kier alpha value is -3.03. The van der Waals surface area contributed by atoms with Crippen molar-refractivity contribution < 1.29 is 4.79 Å². The summed E-state index contributed by atoms with van der Waals surface area (Å²) in [4.78, 5) is 41.6. The van der Waals surface area contributed by atoms with Crippen LogP contribution in [0, 0.1) is 19.8 Å². The maximum atomic E-state index is 13.1. The second-order valence-corrected chi connectivity index (χ2v) is 8.07. The van der Waals surface area contributed by atoms with Crippen LogP contribution in [0.25, 0.3) is 0 Å². The van der Waals surface area contributed by atoms with Gasteiger partial charge in [-0.2, -0.15) is 0 Å². The van der Waals surface area contributed by atoms with E-state index >= 15 is 0 Å². The number of aromatic nitrogens is 2. The van der Waals surface area contributed by atoms with Crippen molar-refractivity contribution in [1.29, 1.82) is 0 Å². The topological polar surface area (TPSA) is 113 Å². The van der Waals surface area contributed by atoms with Crippen molar-refractivity contribution in [3.63, 3.8) is 0 Å². The first-order valence-electron chi connectivity index (χ1n) is 10.4. The maximum Gasteiger partial charge on any atom is 0.330 e. The third-order valence-corrected chi connectivity index (χ3v) is 4.88. The smallest absolute Gasteiger partial charge is 0.330 e. The number of amides is 1. The van der Waals surface area contributed by atoms with Crippen LogP contribution in [0.5, 0.6) is 0 Å². The van der Waals surface area contributed by atoms with Gasteiger partial charge in [0, 0.05) is 18.8 Å². The minimum atomic E-state index is -0.645. The van der Waals surface area contributed by atoms with E-state index in [1.54, 1.807) is 0 Å². The van der Waals surface area contributed by atoms with Crippen LogP contribution in [-0.4, -0.2) is 28.5 Å². The number of aromatic amines is 1. The van der Waals surface area contributed by atoms with Crippen LogP contribution in [-0.2, 0) is 11.3 Å². The first-order chi connectivity index (χ1) is 14.1. The number of anilines is 3. The van der Waals surface area contributed by atoms with E-state index in [0.717, 1.165) is 23.2 Å². The Kier molecular flexibility index (Phi) is 7.86. The summed E-state index contributed by atoms with van der Waals surface area (Å²) in [5.41, 5.74) is 8.08. The Morgan fingerprint density at radius 3 is 2.57 bits per heavy atom. The number of nitrogens with two attached hydrogens (primary N) is 1. The zero-order chi connectivity index (χ0) is 22.4. The molecule has 8 nitrogen and oxygen atoms in total. The molecule has 2 rings (SSSR count). The number of hydrogen-bond acceptors (Lipinski definition) is 5. The summed E-state index contributed by atoms with van der Waals surface area (Å²) in [5, 5.41) is 3.15. The summed E-state index contributed by atoms with van der Waals surface area (Å²) in [7, 11) is 0. The van der Waals surface area contributed by atoms with Crippen molar-refractivity contribution in [3.05, 3.63) is 50.2 Å². The molecule has 0 aliphatic carbocycles. The van der Waals surface area contributed by atoms with E-state index in [1.165, 1.54) is 9.47 Å². The van der Waals surface area contributed by atoms with Gasteiger partial charge in [-0.05, 0) is 37.8 Å². The highest BCUT2D eigenvalue weighted by atomic mass is 16.2. The molecule has 0 atom stereocenters. The monoisotopic (exact) mass is 415 g/mol. The van der Waals surface area contributed by atoms with Crippen LogP contribution >= 0.6 is 0 Å². The lowest BCUT2D eigenvalue weighted by molar-refractivity contribution is -0.117. The van der Waals surface area contributed by atoms with E-state index in [1.807, 2.05) is 52.8 Å². The summed E-state index contributed by atoms with van der Waals surface area (Å²) in [6, 6.07) is 5.93. The number of carbonyl (C=O) groups is 1. The van der Waals surface area contributed by atoms with Crippen LogP contribution in [0.15, 0.2) is 27.8 Å². The first-order valence-corrected chi connectivity index (χ1v) is 10.4. The number of rotatable bonds is 9. The Balaban J connectivity index is 2.38. The SMILES string of the molecule is CCCCN(C(=O)CNc1ccc(C)cc1C)c1c(N)n(CC(C)C)c(=O)[nH]c1=O. The molecule has 0 aliphatic rings. The van der Waals surface area contributed by atoms with E-state index < -0.39 is 11.2 Å². The number of nitrogens with zero attached hydrogens (tertiary/aromatic N) is 2. The quantitative estimate of drug-likeness (QED) is 0.583. The van der Waals surface area contributed by atoms with Gasteiger partial charge in [-0.15, -0.1) is 0 Å². The van der Waals surface area contributed by atoms with E-state index in [4.69, 9.17) is 5.73 Å². The summed E-state index contributed by atoms with van der Waals surface area (Å²) in [6.45, 7) is 10.6. The molecule has 164 valence electrons. The van der Waals surface area contributed by atoms with E-state index in [9.17, 15) is 14.4 Å². The normalized spacial score (nSPS) is 11.0. The average molecular weight is 416 g/mol. The van der Waals surface area contributed by atoms with Crippen molar-refractivity contribution in [2.75, 3.05) is 29.0 Å². The van der Waals surface area contributed by atoms with Gasteiger partial charge < -0.3 is 16.0 Å². The zero-order valence-corrected chi connectivity index (χ0v) is 18.5. The van der Waals surface area contributed by atoms with Gasteiger partial charge in [0.25, 0.3) is 5.56 Å². The van der Waals surface area contributed by atoms with Crippen molar-refractivity contribution in [2.24, 2.45) is 5.92 Å². The second-order valence-electron chi connectivity index (χ2n) is 8.07. The number of H-pyrrole nitrogens is 1. The molecule has 1 heterocycles. The van der Waals surface area contributed by atoms with Crippen molar-refractivity contribution in [1.82, 2.24) is 9.55 Å². The predicted octanol–water partition coefficient (Wildman–Crippen LogP) is 2.64. The van der Waals surface area contributed by atoms with Gasteiger partial charge in [0.15, 0.2) is 5.69 Å². The third-order valence-electron chi connectivity index (χ3n) is 4.88. The number of hydrogen-bond donors (Lipinski definition) is 3. The highest BCUT2D eigenvalue weighted by Crippen LogP contribution is 2.20. The number of aryl methyl sites for hydroxylation is 2. The Labute approximate surface area is 177 Å². The number of unbranched alkanes of at least 4 members (excludes halogenated alkanes) is 1. The molecule has 0 radical (unpaired) electrons. The molecule has 1 aromatic carbocycles. The lowest BCUT2D eigenvalue weighted by Gasteiger charge is -2.25. The summed E-state index contributed by atoms with van der Waals surface area (Å²) >= 11 is 0. The van der Waals surface area contributed by atoms with Gasteiger partial charge in [-0.25, -0.2) is 4.79 Å². The van der Waals surface area contributed by atoms with E-state index in [-0.39, 0.29) is 29.9 Å². The summed E-state index contributed by atoms with van der Waals surface area (Å²) < 4.78 is 1.32. The Bertz CT molecular complexity index is 1010. The molecule has 0 saturated carbocycles. The number of carbonyl (C=O) groups excluding carboxylic acids is 1. The van der Waals surface area contributed by atoms with Crippen LogP contribution in [0.2, 0.25) is 0 Å². The van der Waals surface area contributed by atoms with Crippen molar-refractivity contribution in [2.45, 2.75) is 54.0 Å². The fourth-order valence-electron chi connectivity index (χ4n) is 3.34. The average Bonchev–Trinajstić information content (AvgIpc) is 2.66. The molecule has 2 aromatic rings. The molecule has 4 N–H and O–H groups in total. The molecule has 0 unspecified atom stereocenters. The molecule has 1 amide bonds. The fraction of sp³-hybridized carbons (Fsp3) is 0.500. The van der Waals surface area contributed by atoms with Gasteiger partial charge >= 0.3 is 5.69 Å². The van der Waals surface area contributed by atoms with E-state index in [0.29, 0.717) is 19.5 Å². The van der Waals surface area contributed by atoms with Gasteiger partial charge in [0.2, 0.25) is 5.91 Å². The molecule has 0 aliphatic heterocycles. The fourth-order valence-corrected chi connectivity index (χ4v) is 3.34. The van der Waals surface area contributed by atoms with Gasteiger partial charge in [-0.1, -0.05) is 44.9 Å². The third kappa shape index (κ3) is 5.52. The van der Waals surface area contributed by atoms with Crippen LogP contribution in [0.1, 0.15) is 44.7 Å². The number of benzene rings is 1. The standard InChI is InChI=1S/C22H33N5O3/c1-6-7-10-26(18(28)12-24-17-9-8-15(4)11-16(17)5)19-20(23)27(13-14(2)3)22(30)25-21(19)29/h8-9,11,14,24H,6-7,10,12-13,23H2,1-5H3,(H,25,29,30). The van der Waals surface area contributed by atoms with Crippen LogP contribution < -0.4 is 27.2 Å². The summed E-state index contributed by atoms with van der Waals surface area (Å²) in [6.07, 6.45) is 1.55. The molecule has 0 bridgehead atoms. The van der Waals surface area contributed by atoms with Gasteiger partial charge in [0.05, 0.1) is 6.54 Å².